The Morgan fingerprint density at radius 1 is 1.04 bits per heavy atom. The van der Waals surface area contributed by atoms with Crippen LogP contribution < -0.4 is 14.8 Å². The van der Waals surface area contributed by atoms with Gasteiger partial charge in [-0.3, -0.25) is 9.52 Å². The molecule has 0 spiro atoms. The van der Waals surface area contributed by atoms with E-state index in [1.807, 2.05) is 12.1 Å². The second-order valence-electron chi connectivity index (χ2n) is 5.84. The van der Waals surface area contributed by atoms with Crippen LogP contribution in [0.4, 0.5) is 5.69 Å². The molecule has 26 heavy (non-hydrogen) atoms. The average Bonchev–Trinajstić information content (AvgIpc) is 2.65. The van der Waals surface area contributed by atoms with Gasteiger partial charge < -0.3 is 10.1 Å². The van der Waals surface area contributed by atoms with E-state index in [-0.39, 0.29) is 17.4 Å². The minimum Gasteiger partial charge on any atom is -0.484 e. The first-order valence-corrected chi connectivity index (χ1v) is 9.98. The number of likely N-dealkylation sites (N-methyl/N-ethyl adjacent to an activating group) is 1. The average molecular weight is 376 g/mol. The summed E-state index contributed by atoms with van der Waals surface area (Å²) in [6.07, 6.45) is 3.22. The lowest BCUT2D eigenvalue weighted by molar-refractivity contribution is -0.122. The molecule has 2 aromatic carbocycles. The molecule has 6 nitrogen and oxygen atoms in total. The van der Waals surface area contributed by atoms with Gasteiger partial charge in [-0.15, -0.1) is 0 Å². The van der Waals surface area contributed by atoms with Crippen molar-refractivity contribution in [3.05, 3.63) is 54.1 Å². The predicted octanol–water partition coefficient (Wildman–Crippen LogP) is 2.95. The molecule has 0 atom stereocenters. The topological polar surface area (TPSA) is 84.5 Å². The molecule has 2 rings (SSSR count). The summed E-state index contributed by atoms with van der Waals surface area (Å²) in [5, 5.41) is 2.44. The van der Waals surface area contributed by atoms with Crippen LogP contribution in [0.5, 0.6) is 5.75 Å². The Bertz CT molecular complexity index is 816. The molecule has 0 saturated heterocycles. The highest BCUT2D eigenvalue weighted by molar-refractivity contribution is 7.92. The van der Waals surface area contributed by atoms with Crippen LogP contribution in [0.3, 0.4) is 0 Å². The van der Waals surface area contributed by atoms with E-state index in [0.29, 0.717) is 11.4 Å². The highest BCUT2D eigenvalue weighted by atomic mass is 32.2. The number of anilines is 1. The molecule has 0 aliphatic rings. The second kappa shape index (κ2) is 9.24. The number of sulfonamides is 1. The summed E-state index contributed by atoms with van der Waals surface area (Å²) in [5.41, 5.74) is 1.71. The van der Waals surface area contributed by atoms with E-state index in [2.05, 4.69) is 17.0 Å². The number of hydrogen-bond donors (Lipinski definition) is 2. The summed E-state index contributed by atoms with van der Waals surface area (Å²) in [6.45, 7) is 2.02. The van der Waals surface area contributed by atoms with Gasteiger partial charge in [-0.25, -0.2) is 8.42 Å². The van der Waals surface area contributed by atoms with Crippen molar-refractivity contribution in [2.24, 2.45) is 0 Å². The standard InChI is InChI=1S/C19H24N2O4S/c1-3-4-5-15-6-8-16(9-7-15)21-26(23,24)18-12-10-17(11-13-18)25-14-19(22)20-2/h6-13,21H,3-5,14H2,1-2H3,(H,20,22). The Morgan fingerprint density at radius 2 is 1.69 bits per heavy atom. The normalized spacial score (nSPS) is 11.0. The zero-order valence-corrected chi connectivity index (χ0v) is 15.8. The summed E-state index contributed by atoms with van der Waals surface area (Å²) in [6, 6.07) is 13.3. The van der Waals surface area contributed by atoms with Crippen LogP contribution in [0.2, 0.25) is 0 Å². The molecule has 0 fully saturated rings. The first-order valence-electron chi connectivity index (χ1n) is 8.50. The smallest absolute Gasteiger partial charge is 0.261 e. The number of hydrogen-bond acceptors (Lipinski definition) is 4. The number of unbranched alkanes of at least 4 members (excludes halogenated alkanes) is 1. The predicted molar refractivity (Wildman–Crippen MR) is 102 cm³/mol. The highest BCUT2D eigenvalue weighted by Gasteiger charge is 2.14. The molecular formula is C19H24N2O4S. The van der Waals surface area contributed by atoms with Crippen molar-refractivity contribution in [1.82, 2.24) is 5.32 Å². The number of nitrogens with one attached hydrogen (secondary N) is 2. The first kappa shape index (κ1) is 19.8. The molecule has 0 radical (unpaired) electrons. The van der Waals surface area contributed by atoms with E-state index in [1.165, 1.54) is 36.9 Å². The number of amides is 1. The van der Waals surface area contributed by atoms with E-state index in [0.717, 1.165) is 19.3 Å². The van der Waals surface area contributed by atoms with Crippen LogP contribution in [-0.2, 0) is 21.2 Å². The Hall–Kier alpha value is -2.54. The van der Waals surface area contributed by atoms with Gasteiger partial charge in [0.1, 0.15) is 5.75 Å². The van der Waals surface area contributed by atoms with Crippen LogP contribution in [0, 0.1) is 0 Å². The van der Waals surface area contributed by atoms with Crippen LogP contribution in [0.1, 0.15) is 25.3 Å². The lowest BCUT2D eigenvalue weighted by Crippen LogP contribution is -2.24. The molecule has 0 unspecified atom stereocenters. The number of carbonyl (C=O) groups is 1. The number of benzene rings is 2. The highest BCUT2D eigenvalue weighted by Crippen LogP contribution is 2.20. The van der Waals surface area contributed by atoms with E-state index >= 15 is 0 Å². The number of ether oxygens (including phenoxy) is 1. The van der Waals surface area contributed by atoms with Crippen LogP contribution >= 0.6 is 0 Å². The summed E-state index contributed by atoms with van der Waals surface area (Å²) in [7, 11) is -2.16. The third-order valence-electron chi connectivity index (χ3n) is 3.81. The first-order chi connectivity index (χ1) is 12.4. The Balaban J connectivity index is 2.01. The van der Waals surface area contributed by atoms with Crippen LogP contribution in [-0.4, -0.2) is 28.0 Å². The molecule has 140 valence electrons. The molecule has 0 aliphatic carbocycles. The van der Waals surface area contributed by atoms with Crippen molar-refractivity contribution in [3.8, 4) is 5.75 Å². The zero-order chi connectivity index (χ0) is 19.0. The molecule has 0 heterocycles. The Morgan fingerprint density at radius 3 is 2.27 bits per heavy atom. The van der Waals surface area contributed by atoms with Gasteiger partial charge >= 0.3 is 0 Å². The Kier molecular flexibility index (Phi) is 7.03. The third-order valence-corrected chi connectivity index (χ3v) is 5.21. The minimum atomic E-state index is -3.68. The van der Waals surface area contributed by atoms with Crippen molar-refractivity contribution < 1.29 is 17.9 Å². The summed E-state index contributed by atoms with van der Waals surface area (Å²) >= 11 is 0. The van der Waals surface area contributed by atoms with Gasteiger partial charge in [0, 0.05) is 12.7 Å². The van der Waals surface area contributed by atoms with E-state index in [1.54, 1.807) is 12.1 Å². The molecule has 0 bridgehead atoms. The maximum atomic E-state index is 12.5. The molecule has 2 N–H and O–H groups in total. The van der Waals surface area contributed by atoms with Crippen LogP contribution in [0.25, 0.3) is 0 Å². The summed E-state index contributed by atoms with van der Waals surface area (Å²) < 4.78 is 32.8. The van der Waals surface area contributed by atoms with Gasteiger partial charge in [-0.2, -0.15) is 0 Å². The molecule has 1 amide bonds. The van der Waals surface area contributed by atoms with Gasteiger partial charge in [0.2, 0.25) is 0 Å². The molecule has 0 aliphatic heterocycles. The quantitative estimate of drug-likeness (QED) is 0.705. The van der Waals surface area contributed by atoms with Gasteiger partial charge in [-0.1, -0.05) is 25.5 Å². The second-order valence-corrected chi connectivity index (χ2v) is 7.52. The molecule has 0 saturated carbocycles. The van der Waals surface area contributed by atoms with E-state index in [4.69, 9.17) is 4.74 Å². The molecular weight excluding hydrogens is 352 g/mol. The maximum absolute atomic E-state index is 12.5. The number of aryl methyl sites for hydroxylation is 1. The lowest BCUT2D eigenvalue weighted by atomic mass is 10.1. The molecule has 7 heteroatoms. The number of rotatable bonds is 9. The fourth-order valence-electron chi connectivity index (χ4n) is 2.27. The molecule has 0 aromatic heterocycles. The van der Waals surface area contributed by atoms with E-state index in [9.17, 15) is 13.2 Å². The van der Waals surface area contributed by atoms with Crippen molar-refractivity contribution in [1.29, 1.82) is 0 Å². The SMILES string of the molecule is CCCCc1ccc(NS(=O)(=O)c2ccc(OCC(=O)NC)cc2)cc1. The monoisotopic (exact) mass is 376 g/mol. The fourth-order valence-corrected chi connectivity index (χ4v) is 3.33. The van der Waals surface area contributed by atoms with Gasteiger partial charge in [0.05, 0.1) is 4.90 Å². The van der Waals surface area contributed by atoms with E-state index < -0.39 is 10.0 Å². The van der Waals surface area contributed by atoms with Gasteiger partial charge in [0.15, 0.2) is 6.61 Å². The fraction of sp³-hybridized carbons (Fsp3) is 0.316. The van der Waals surface area contributed by atoms with Crippen molar-refractivity contribution in [2.75, 3.05) is 18.4 Å². The lowest BCUT2D eigenvalue weighted by Gasteiger charge is -2.10. The van der Waals surface area contributed by atoms with Gasteiger partial charge in [0.25, 0.3) is 15.9 Å². The third kappa shape index (κ3) is 5.77. The number of carbonyl (C=O) groups excluding carboxylic acids is 1. The Labute approximate surface area is 154 Å². The minimum absolute atomic E-state index is 0.120. The summed E-state index contributed by atoms with van der Waals surface area (Å²) in [4.78, 5) is 11.3. The van der Waals surface area contributed by atoms with Crippen molar-refractivity contribution in [2.45, 2.75) is 31.1 Å². The van der Waals surface area contributed by atoms with Gasteiger partial charge in [-0.05, 0) is 54.8 Å². The van der Waals surface area contributed by atoms with Crippen LogP contribution in [0.15, 0.2) is 53.4 Å². The molecule has 2 aromatic rings. The summed E-state index contributed by atoms with van der Waals surface area (Å²) in [5.74, 6) is 0.165. The largest absolute Gasteiger partial charge is 0.484 e. The maximum Gasteiger partial charge on any atom is 0.261 e. The van der Waals surface area contributed by atoms with Crippen molar-refractivity contribution >= 4 is 21.6 Å². The van der Waals surface area contributed by atoms with Crippen molar-refractivity contribution in [3.63, 3.8) is 0 Å². The zero-order valence-electron chi connectivity index (χ0n) is 15.0.